The van der Waals surface area contributed by atoms with E-state index in [1.54, 1.807) is 12.1 Å². The molecule has 3 aromatic rings. The molecule has 1 N–H and O–H groups in total. The van der Waals surface area contributed by atoms with Crippen molar-refractivity contribution in [3.63, 3.8) is 0 Å². The third-order valence-electron chi connectivity index (χ3n) is 4.18. The average molecular weight is 389 g/mol. The minimum absolute atomic E-state index is 0.204. The van der Waals surface area contributed by atoms with Crippen molar-refractivity contribution in [2.45, 2.75) is 27.7 Å². The van der Waals surface area contributed by atoms with Gasteiger partial charge in [0.05, 0.1) is 11.4 Å². The van der Waals surface area contributed by atoms with Gasteiger partial charge in [-0.2, -0.15) is 0 Å². The van der Waals surface area contributed by atoms with Crippen molar-refractivity contribution in [2.75, 3.05) is 0 Å². The van der Waals surface area contributed by atoms with Gasteiger partial charge in [0.15, 0.2) is 12.0 Å². The molecule has 0 radical (unpaired) electrons. The van der Waals surface area contributed by atoms with Crippen molar-refractivity contribution < 1.29 is 14.4 Å². The summed E-state index contributed by atoms with van der Waals surface area (Å²) in [5.41, 5.74) is 5.49. The molecule has 2 aromatic heterocycles. The van der Waals surface area contributed by atoms with Crippen molar-refractivity contribution in [1.82, 2.24) is 9.72 Å². The monoisotopic (exact) mass is 388 g/mol. The lowest BCUT2D eigenvalue weighted by Gasteiger charge is -2.13. The lowest BCUT2D eigenvalue weighted by Crippen LogP contribution is -2.05. The van der Waals surface area contributed by atoms with E-state index in [4.69, 9.17) is 4.52 Å². The zero-order chi connectivity index (χ0) is 17.6. The highest BCUT2D eigenvalue weighted by atomic mass is 79.9. The molecule has 0 aliphatic carbocycles. The summed E-state index contributed by atoms with van der Waals surface area (Å²) >= 11 is 3.62. The van der Waals surface area contributed by atoms with Gasteiger partial charge in [-0.05, 0) is 73.0 Å². The van der Waals surface area contributed by atoms with Crippen LogP contribution in [0.5, 0.6) is 5.75 Å². The Hall–Kier alpha value is -2.34. The lowest BCUT2D eigenvalue weighted by molar-refractivity contribution is 0.111. The van der Waals surface area contributed by atoms with Crippen LogP contribution in [0.1, 0.15) is 33.1 Å². The molecule has 1 aromatic carbocycles. The van der Waals surface area contributed by atoms with Gasteiger partial charge in [0.2, 0.25) is 0 Å². The molecular formula is C18H17BrN2O3. The Morgan fingerprint density at radius 2 is 1.96 bits per heavy atom. The molecule has 0 aliphatic heterocycles. The number of phenols is 1. The summed E-state index contributed by atoms with van der Waals surface area (Å²) in [5.74, 6) is 0.839. The van der Waals surface area contributed by atoms with Gasteiger partial charge in [0.25, 0.3) is 0 Å². The fraction of sp³-hybridized carbons (Fsp3) is 0.222. The summed E-state index contributed by atoms with van der Waals surface area (Å²) in [6.45, 7) is 7.47. The van der Waals surface area contributed by atoms with Gasteiger partial charge in [-0.1, -0.05) is 5.16 Å². The molecule has 0 saturated heterocycles. The van der Waals surface area contributed by atoms with E-state index < -0.39 is 0 Å². The van der Waals surface area contributed by atoms with E-state index in [0.29, 0.717) is 17.1 Å². The Balaban J connectivity index is 2.45. The first-order valence-electron chi connectivity index (χ1n) is 7.46. The van der Waals surface area contributed by atoms with E-state index in [-0.39, 0.29) is 5.75 Å². The van der Waals surface area contributed by atoms with Crippen LogP contribution in [0.3, 0.4) is 0 Å². The first-order valence-corrected chi connectivity index (χ1v) is 8.25. The van der Waals surface area contributed by atoms with Gasteiger partial charge in [0, 0.05) is 10.0 Å². The first kappa shape index (κ1) is 16.5. The topological polar surface area (TPSA) is 68.3 Å². The van der Waals surface area contributed by atoms with Crippen LogP contribution in [0.4, 0.5) is 0 Å². The number of aryl methyl sites for hydroxylation is 3. The summed E-state index contributed by atoms with van der Waals surface area (Å²) < 4.78 is 8.00. The molecule has 0 unspecified atom stereocenters. The van der Waals surface area contributed by atoms with E-state index >= 15 is 0 Å². The Labute approximate surface area is 148 Å². The first-order chi connectivity index (χ1) is 11.4. The fourth-order valence-corrected chi connectivity index (χ4v) is 3.59. The number of hydrogen-bond donors (Lipinski definition) is 1. The minimum atomic E-state index is 0.204. The number of rotatable bonds is 3. The molecule has 2 heterocycles. The SMILES string of the molecule is Cc1cc(O)ccc1-c1c(Br)c(C)c(C=O)n1-c1c(C)noc1C. The van der Waals surface area contributed by atoms with Crippen molar-refractivity contribution in [1.29, 1.82) is 0 Å². The molecule has 6 heteroatoms. The largest absolute Gasteiger partial charge is 0.508 e. The zero-order valence-electron chi connectivity index (χ0n) is 13.8. The van der Waals surface area contributed by atoms with Crippen LogP contribution in [0.2, 0.25) is 0 Å². The van der Waals surface area contributed by atoms with E-state index in [1.807, 2.05) is 38.3 Å². The van der Waals surface area contributed by atoms with Crippen molar-refractivity contribution >= 4 is 22.2 Å². The maximum Gasteiger partial charge on any atom is 0.167 e. The Morgan fingerprint density at radius 1 is 1.25 bits per heavy atom. The third kappa shape index (κ3) is 2.38. The maximum atomic E-state index is 11.8. The van der Waals surface area contributed by atoms with Gasteiger partial charge in [0.1, 0.15) is 17.1 Å². The van der Waals surface area contributed by atoms with Gasteiger partial charge in [-0.15, -0.1) is 0 Å². The number of halogens is 1. The number of phenolic OH excluding ortho intramolecular Hbond substituents is 1. The second-order valence-electron chi connectivity index (χ2n) is 5.80. The number of aromatic hydroxyl groups is 1. The summed E-state index contributed by atoms with van der Waals surface area (Å²) in [5, 5.41) is 13.7. The Bertz CT molecular complexity index is 934. The maximum absolute atomic E-state index is 11.8. The second-order valence-corrected chi connectivity index (χ2v) is 6.59. The molecule has 3 rings (SSSR count). The second kappa shape index (κ2) is 5.94. The number of aldehydes is 1. The molecular weight excluding hydrogens is 372 g/mol. The summed E-state index contributed by atoms with van der Waals surface area (Å²) in [6.07, 6.45) is 0.839. The van der Waals surface area contributed by atoms with Crippen LogP contribution in [0, 0.1) is 27.7 Å². The minimum Gasteiger partial charge on any atom is -0.508 e. The van der Waals surface area contributed by atoms with Crippen molar-refractivity contribution in [2.24, 2.45) is 0 Å². The molecule has 0 spiro atoms. The van der Waals surface area contributed by atoms with Crippen LogP contribution in [0.25, 0.3) is 16.9 Å². The van der Waals surface area contributed by atoms with E-state index in [9.17, 15) is 9.90 Å². The molecule has 0 atom stereocenters. The van der Waals surface area contributed by atoms with Gasteiger partial charge in [-0.3, -0.25) is 4.79 Å². The van der Waals surface area contributed by atoms with Crippen LogP contribution >= 0.6 is 15.9 Å². The van der Waals surface area contributed by atoms with E-state index in [2.05, 4.69) is 21.1 Å². The van der Waals surface area contributed by atoms with Crippen LogP contribution < -0.4 is 0 Å². The Kier molecular flexibility index (Phi) is 4.09. The molecule has 0 saturated carbocycles. The highest BCUT2D eigenvalue weighted by Crippen LogP contribution is 2.40. The fourth-order valence-electron chi connectivity index (χ4n) is 3.00. The molecule has 0 aliphatic rings. The quantitative estimate of drug-likeness (QED) is 0.663. The highest BCUT2D eigenvalue weighted by Gasteiger charge is 2.25. The standard InChI is InChI=1S/C18H17BrN2O3/c1-9-7-13(23)5-6-14(9)18-16(19)10(2)15(8-22)21(18)17-11(3)20-24-12(17)4/h5-8,23H,1-4H3. The molecule has 0 fully saturated rings. The van der Waals surface area contributed by atoms with Crippen LogP contribution in [-0.4, -0.2) is 21.1 Å². The molecule has 24 heavy (non-hydrogen) atoms. The predicted molar refractivity (Wildman–Crippen MR) is 95.0 cm³/mol. The summed E-state index contributed by atoms with van der Waals surface area (Å²) in [7, 11) is 0. The number of benzene rings is 1. The van der Waals surface area contributed by atoms with Crippen LogP contribution in [-0.2, 0) is 0 Å². The summed E-state index contributed by atoms with van der Waals surface area (Å²) in [6, 6.07) is 5.17. The number of nitrogens with zero attached hydrogens (tertiary/aromatic N) is 2. The third-order valence-corrected chi connectivity index (χ3v) is 5.15. The number of hydrogen-bond acceptors (Lipinski definition) is 4. The number of carbonyl (C=O) groups excluding carboxylic acids is 1. The molecule has 0 bridgehead atoms. The van der Waals surface area contributed by atoms with Gasteiger partial charge < -0.3 is 14.2 Å². The highest BCUT2D eigenvalue weighted by molar-refractivity contribution is 9.10. The van der Waals surface area contributed by atoms with Crippen LogP contribution in [0.15, 0.2) is 27.2 Å². The normalized spacial score (nSPS) is 11.0. The lowest BCUT2D eigenvalue weighted by atomic mass is 10.0. The van der Waals surface area contributed by atoms with Gasteiger partial charge >= 0.3 is 0 Å². The molecule has 0 amide bonds. The predicted octanol–water partition coefficient (Wildman–Crippen LogP) is 4.65. The van der Waals surface area contributed by atoms with Gasteiger partial charge in [-0.25, -0.2) is 0 Å². The van der Waals surface area contributed by atoms with Crippen molar-refractivity contribution in [3.8, 4) is 22.7 Å². The van der Waals surface area contributed by atoms with E-state index in [1.165, 1.54) is 0 Å². The molecule has 124 valence electrons. The Morgan fingerprint density at radius 3 is 2.50 bits per heavy atom. The van der Waals surface area contributed by atoms with E-state index in [0.717, 1.165) is 38.8 Å². The van der Waals surface area contributed by atoms with Crippen molar-refractivity contribution in [3.05, 3.63) is 50.9 Å². The number of aromatic nitrogens is 2. The average Bonchev–Trinajstić information content (AvgIpc) is 2.97. The zero-order valence-corrected chi connectivity index (χ0v) is 15.4. The smallest absolute Gasteiger partial charge is 0.167 e. The number of carbonyl (C=O) groups is 1. The molecule has 5 nitrogen and oxygen atoms in total. The summed E-state index contributed by atoms with van der Waals surface area (Å²) in [4.78, 5) is 11.8.